The third-order valence-corrected chi connectivity index (χ3v) is 2.57. The van der Waals surface area contributed by atoms with Crippen LogP contribution in [0.2, 0.25) is 0 Å². The Bertz CT molecular complexity index is 535. The predicted octanol–water partition coefficient (Wildman–Crippen LogP) is 0.487. The summed E-state index contributed by atoms with van der Waals surface area (Å²) in [4.78, 5) is 7.95. The second-order valence-corrected chi connectivity index (χ2v) is 3.63. The molecule has 0 bridgehead atoms. The highest BCUT2D eigenvalue weighted by Gasteiger charge is 2.29. The summed E-state index contributed by atoms with van der Waals surface area (Å²) in [6.45, 7) is 0.340. The Hall–Kier alpha value is -1.92. The maximum absolute atomic E-state index is 9.57. The van der Waals surface area contributed by atoms with Gasteiger partial charge in [-0.15, -0.1) is 0 Å². The summed E-state index contributed by atoms with van der Waals surface area (Å²) in [5, 5.41) is 9.57. The number of nitrogens with zero attached hydrogens (tertiary/aromatic N) is 2. The molecule has 1 N–H and O–H groups in total. The lowest BCUT2D eigenvalue weighted by atomic mass is 9.79. The van der Waals surface area contributed by atoms with Crippen LogP contribution in [0.25, 0.3) is 0 Å². The normalized spacial score (nSPS) is 13.6. The number of hydrogen-bond donors (Lipinski definition) is 1. The molecule has 1 aliphatic heterocycles. The molecule has 6 heteroatoms. The number of ether oxygens (including phenoxy) is 1. The zero-order chi connectivity index (χ0) is 11.7. The van der Waals surface area contributed by atoms with Crippen LogP contribution in [0.15, 0.2) is 36.8 Å². The average Bonchev–Trinajstić information content (AvgIpc) is 2.74. The maximum Gasteiger partial charge on any atom is 0.491 e. The lowest BCUT2D eigenvalue weighted by Gasteiger charge is -2.07. The van der Waals surface area contributed by atoms with Crippen molar-refractivity contribution in [3.63, 3.8) is 0 Å². The summed E-state index contributed by atoms with van der Waals surface area (Å²) in [7, 11) is -0.865. The van der Waals surface area contributed by atoms with Crippen LogP contribution in [0.5, 0.6) is 11.6 Å². The molecule has 0 spiro atoms. The molecule has 3 rings (SSSR count). The minimum absolute atomic E-state index is 0.340. The first-order chi connectivity index (χ1) is 8.34. The minimum Gasteiger partial charge on any atom is -0.437 e. The van der Waals surface area contributed by atoms with Crippen molar-refractivity contribution in [3.05, 3.63) is 42.4 Å². The van der Waals surface area contributed by atoms with Crippen molar-refractivity contribution in [2.24, 2.45) is 0 Å². The highest BCUT2D eigenvalue weighted by atomic mass is 16.5. The summed E-state index contributed by atoms with van der Waals surface area (Å²) >= 11 is 0. The van der Waals surface area contributed by atoms with Crippen LogP contribution in [-0.2, 0) is 11.3 Å². The van der Waals surface area contributed by atoms with Crippen LogP contribution in [0.4, 0.5) is 0 Å². The summed E-state index contributed by atoms with van der Waals surface area (Å²) in [6.07, 6.45) is 4.67. The quantitative estimate of drug-likeness (QED) is 0.757. The summed E-state index contributed by atoms with van der Waals surface area (Å²) in [5.41, 5.74) is 1.59. The molecule has 2 aromatic rings. The molecule has 2 heterocycles. The van der Waals surface area contributed by atoms with E-state index < -0.39 is 7.12 Å². The molecule has 0 unspecified atom stereocenters. The summed E-state index contributed by atoms with van der Waals surface area (Å²) < 4.78 is 10.7. The first-order valence-corrected chi connectivity index (χ1v) is 5.20. The van der Waals surface area contributed by atoms with E-state index in [4.69, 9.17) is 9.39 Å². The summed E-state index contributed by atoms with van der Waals surface area (Å²) in [5.74, 6) is 1.06. The highest BCUT2D eigenvalue weighted by molar-refractivity contribution is 6.61. The van der Waals surface area contributed by atoms with E-state index in [1.54, 1.807) is 12.4 Å². The van der Waals surface area contributed by atoms with Crippen LogP contribution in [0, 0.1) is 0 Å². The number of aromatic nitrogens is 2. The largest absolute Gasteiger partial charge is 0.491 e. The molecule has 0 saturated heterocycles. The monoisotopic (exact) mass is 228 g/mol. The van der Waals surface area contributed by atoms with E-state index in [1.807, 2.05) is 18.2 Å². The first kappa shape index (κ1) is 10.3. The van der Waals surface area contributed by atoms with Crippen LogP contribution < -0.4 is 10.2 Å². The standard InChI is InChI=1S/C11H9BN2O3/c15-12-9-2-1-3-10(8(9)7-16-12)17-11-6-13-4-5-14-11/h1-6,15H,7H2. The van der Waals surface area contributed by atoms with Crippen LogP contribution >= 0.6 is 0 Å². The topological polar surface area (TPSA) is 64.5 Å². The molecule has 1 aliphatic rings. The molecule has 1 aromatic carbocycles. The molecule has 0 radical (unpaired) electrons. The van der Waals surface area contributed by atoms with Crippen molar-refractivity contribution in [1.29, 1.82) is 0 Å². The third kappa shape index (κ3) is 1.88. The molecular formula is C11H9BN2O3. The molecule has 5 nitrogen and oxygen atoms in total. The van der Waals surface area contributed by atoms with E-state index in [0.29, 0.717) is 18.2 Å². The van der Waals surface area contributed by atoms with E-state index in [-0.39, 0.29) is 0 Å². The van der Waals surface area contributed by atoms with Crippen molar-refractivity contribution in [2.75, 3.05) is 0 Å². The van der Waals surface area contributed by atoms with Crippen molar-refractivity contribution in [3.8, 4) is 11.6 Å². The van der Waals surface area contributed by atoms with Gasteiger partial charge in [0.15, 0.2) is 0 Å². The second kappa shape index (κ2) is 4.16. The van der Waals surface area contributed by atoms with Gasteiger partial charge in [0.2, 0.25) is 5.88 Å². The zero-order valence-electron chi connectivity index (χ0n) is 8.91. The van der Waals surface area contributed by atoms with Gasteiger partial charge >= 0.3 is 7.12 Å². The fourth-order valence-corrected chi connectivity index (χ4v) is 1.77. The van der Waals surface area contributed by atoms with E-state index >= 15 is 0 Å². The van der Waals surface area contributed by atoms with Gasteiger partial charge in [0.25, 0.3) is 0 Å². The van der Waals surface area contributed by atoms with Gasteiger partial charge in [0.1, 0.15) is 5.75 Å². The molecule has 0 saturated carbocycles. The van der Waals surface area contributed by atoms with Crippen LogP contribution in [-0.4, -0.2) is 22.1 Å². The van der Waals surface area contributed by atoms with Crippen LogP contribution in [0.1, 0.15) is 5.56 Å². The number of rotatable bonds is 2. The minimum atomic E-state index is -0.865. The maximum atomic E-state index is 9.57. The molecule has 1 aromatic heterocycles. The lowest BCUT2D eigenvalue weighted by Crippen LogP contribution is -2.27. The Balaban J connectivity index is 1.95. The Kier molecular flexibility index (Phi) is 2.51. The Labute approximate surface area is 98.2 Å². The highest BCUT2D eigenvalue weighted by Crippen LogP contribution is 2.25. The number of benzene rings is 1. The Morgan fingerprint density at radius 2 is 2.29 bits per heavy atom. The molecule has 0 fully saturated rings. The van der Waals surface area contributed by atoms with Crippen molar-refractivity contribution in [2.45, 2.75) is 6.61 Å². The van der Waals surface area contributed by atoms with Gasteiger partial charge in [-0.2, -0.15) is 0 Å². The van der Waals surface area contributed by atoms with Gasteiger partial charge in [0.05, 0.1) is 12.8 Å². The van der Waals surface area contributed by atoms with Gasteiger partial charge in [0, 0.05) is 18.0 Å². The van der Waals surface area contributed by atoms with E-state index in [1.165, 1.54) is 6.20 Å². The van der Waals surface area contributed by atoms with Crippen molar-refractivity contribution < 1.29 is 14.4 Å². The SMILES string of the molecule is OB1OCc2c(Oc3cnccn3)cccc21. The summed E-state index contributed by atoms with van der Waals surface area (Å²) in [6, 6.07) is 5.44. The van der Waals surface area contributed by atoms with Gasteiger partial charge in [-0.3, -0.25) is 4.98 Å². The zero-order valence-corrected chi connectivity index (χ0v) is 8.91. The third-order valence-electron chi connectivity index (χ3n) is 2.57. The smallest absolute Gasteiger partial charge is 0.437 e. The van der Waals surface area contributed by atoms with Gasteiger partial charge < -0.3 is 14.4 Å². The molecule has 0 aliphatic carbocycles. The number of fused-ring (bicyclic) bond motifs is 1. The van der Waals surface area contributed by atoms with Gasteiger partial charge in [-0.1, -0.05) is 12.1 Å². The van der Waals surface area contributed by atoms with E-state index in [0.717, 1.165) is 11.0 Å². The fraction of sp³-hybridized carbons (Fsp3) is 0.0909. The molecule has 0 amide bonds. The fourth-order valence-electron chi connectivity index (χ4n) is 1.77. The van der Waals surface area contributed by atoms with Gasteiger partial charge in [-0.05, 0) is 11.5 Å². The molecule has 0 atom stereocenters. The van der Waals surface area contributed by atoms with E-state index in [2.05, 4.69) is 9.97 Å². The Morgan fingerprint density at radius 3 is 3.12 bits per heavy atom. The molecular weight excluding hydrogens is 219 g/mol. The van der Waals surface area contributed by atoms with Crippen LogP contribution in [0.3, 0.4) is 0 Å². The van der Waals surface area contributed by atoms with Gasteiger partial charge in [-0.25, -0.2) is 4.98 Å². The number of hydrogen-bond acceptors (Lipinski definition) is 5. The Morgan fingerprint density at radius 1 is 1.35 bits per heavy atom. The van der Waals surface area contributed by atoms with Crippen molar-refractivity contribution in [1.82, 2.24) is 9.97 Å². The molecule has 84 valence electrons. The predicted molar refractivity (Wildman–Crippen MR) is 60.9 cm³/mol. The van der Waals surface area contributed by atoms with Crippen molar-refractivity contribution >= 4 is 12.6 Å². The first-order valence-electron chi connectivity index (χ1n) is 5.20. The van der Waals surface area contributed by atoms with E-state index in [9.17, 15) is 5.02 Å². The molecule has 17 heavy (non-hydrogen) atoms. The second-order valence-electron chi connectivity index (χ2n) is 3.63. The lowest BCUT2D eigenvalue weighted by molar-refractivity contribution is 0.272. The average molecular weight is 228 g/mol.